The summed E-state index contributed by atoms with van der Waals surface area (Å²) in [6, 6.07) is 35.9. The fraction of sp³-hybridized carbons (Fsp3) is 0.0312. The first kappa shape index (κ1) is 23.7. The molecule has 186 valence electrons. The molecule has 0 N–H and O–H groups in total. The highest BCUT2D eigenvalue weighted by atomic mass is 32.2. The van der Waals surface area contributed by atoms with Crippen molar-refractivity contribution in [3.8, 4) is 16.9 Å². The third-order valence-electron chi connectivity index (χ3n) is 6.55. The maximum atomic E-state index is 13.9. The third kappa shape index (κ3) is 4.25. The van der Waals surface area contributed by atoms with Crippen LogP contribution in [0.3, 0.4) is 0 Å². The molecule has 0 saturated heterocycles. The predicted octanol–water partition coefficient (Wildman–Crippen LogP) is 7.27. The maximum absolute atomic E-state index is 13.9. The summed E-state index contributed by atoms with van der Waals surface area (Å²) >= 11 is 0. The first-order valence-electron chi connectivity index (χ1n) is 12.2. The number of hydrogen-bond donors (Lipinski definition) is 0. The lowest BCUT2D eigenvalue weighted by molar-refractivity contribution is 0.415. The minimum absolute atomic E-state index is 0.213. The van der Waals surface area contributed by atoms with Crippen LogP contribution >= 0.6 is 0 Å². The zero-order valence-corrected chi connectivity index (χ0v) is 21.5. The minimum Gasteiger partial charge on any atom is -0.497 e. The second-order valence-electron chi connectivity index (χ2n) is 8.89. The van der Waals surface area contributed by atoms with Gasteiger partial charge < -0.3 is 4.74 Å². The van der Waals surface area contributed by atoms with Crippen LogP contribution in [0.4, 0.5) is 0 Å². The fourth-order valence-corrected chi connectivity index (χ4v) is 6.11. The molecule has 0 amide bonds. The van der Waals surface area contributed by atoms with Crippen LogP contribution in [0.25, 0.3) is 45.2 Å². The SMILES string of the molecule is COc1ccc(-c2ccc3c(c2)c2ccc(C=Cc4ccccc4)nc2n3S(=O)(=O)c2ccccc2)cc1. The summed E-state index contributed by atoms with van der Waals surface area (Å²) in [5.41, 5.74) is 4.67. The number of ether oxygens (including phenoxy) is 1. The molecule has 6 rings (SSSR count). The van der Waals surface area contributed by atoms with E-state index in [-0.39, 0.29) is 4.90 Å². The Balaban J connectivity index is 1.57. The van der Waals surface area contributed by atoms with Gasteiger partial charge in [0.25, 0.3) is 10.0 Å². The van der Waals surface area contributed by atoms with Gasteiger partial charge >= 0.3 is 0 Å². The summed E-state index contributed by atoms with van der Waals surface area (Å²) in [5, 5.41) is 1.59. The largest absolute Gasteiger partial charge is 0.497 e. The highest BCUT2D eigenvalue weighted by Crippen LogP contribution is 2.35. The number of rotatable bonds is 6. The van der Waals surface area contributed by atoms with E-state index in [0.717, 1.165) is 33.2 Å². The Morgan fingerprint density at radius 3 is 2.11 bits per heavy atom. The lowest BCUT2D eigenvalue weighted by Crippen LogP contribution is -2.13. The van der Waals surface area contributed by atoms with Gasteiger partial charge in [0.2, 0.25) is 0 Å². The monoisotopic (exact) mass is 516 g/mol. The molecule has 0 saturated carbocycles. The highest BCUT2D eigenvalue weighted by molar-refractivity contribution is 7.90. The van der Waals surface area contributed by atoms with Gasteiger partial charge in [-0.25, -0.2) is 17.4 Å². The van der Waals surface area contributed by atoms with Crippen molar-refractivity contribution in [1.82, 2.24) is 8.96 Å². The number of pyridine rings is 1. The third-order valence-corrected chi connectivity index (χ3v) is 8.26. The quantitative estimate of drug-likeness (QED) is 0.234. The first-order chi connectivity index (χ1) is 18.5. The van der Waals surface area contributed by atoms with E-state index < -0.39 is 10.0 Å². The van der Waals surface area contributed by atoms with Gasteiger partial charge in [-0.1, -0.05) is 72.8 Å². The van der Waals surface area contributed by atoms with Gasteiger partial charge in [0.15, 0.2) is 5.65 Å². The molecule has 6 aromatic rings. The molecule has 0 radical (unpaired) electrons. The van der Waals surface area contributed by atoms with Crippen molar-refractivity contribution < 1.29 is 13.2 Å². The Kier molecular flexibility index (Phi) is 6.02. The zero-order valence-electron chi connectivity index (χ0n) is 20.7. The van der Waals surface area contributed by atoms with Gasteiger partial charge in [0.1, 0.15) is 5.75 Å². The van der Waals surface area contributed by atoms with Crippen molar-refractivity contribution >= 4 is 44.1 Å². The van der Waals surface area contributed by atoms with E-state index in [9.17, 15) is 8.42 Å². The Morgan fingerprint density at radius 2 is 1.39 bits per heavy atom. The molecular formula is C32H24N2O3S. The molecule has 0 fully saturated rings. The normalized spacial score (nSPS) is 11.9. The average Bonchev–Trinajstić information content (AvgIpc) is 3.31. The number of benzene rings is 4. The fourth-order valence-electron chi connectivity index (χ4n) is 4.61. The van der Waals surface area contributed by atoms with Crippen LogP contribution in [0.5, 0.6) is 5.75 Å². The summed E-state index contributed by atoms with van der Waals surface area (Å²) in [4.78, 5) is 5.04. The molecule has 0 aliphatic rings. The van der Waals surface area contributed by atoms with E-state index in [0.29, 0.717) is 16.9 Å². The summed E-state index contributed by atoms with van der Waals surface area (Å²) in [5.74, 6) is 0.778. The molecule has 6 heteroatoms. The van der Waals surface area contributed by atoms with Crippen LogP contribution in [0, 0.1) is 0 Å². The summed E-state index contributed by atoms with van der Waals surface area (Å²) < 4.78 is 34.5. The van der Waals surface area contributed by atoms with Crippen molar-refractivity contribution in [2.45, 2.75) is 4.90 Å². The molecule has 2 aromatic heterocycles. The molecule has 0 atom stereocenters. The van der Waals surface area contributed by atoms with Gasteiger partial charge in [-0.05, 0) is 71.3 Å². The van der Waals surface area contributed by atoms with E-state index in [1.807, 2.05) is 97.1 Å². The minimum atomic E-state index is -3.91. The topological polar surface area (TPSA) is 61.2 Å². The average molecular weight is 517 g/mol. The molecule has 5 nitrogen and oxygen atoms in total. The van der Waals surface area contributed by atoms with E-state index in [4.69, 9.17) is 9.72 Å². The Labute approximate surface area is 221 Å². The van der Waals surface area contributed by atoms with Crippen molar-refractivity contribution in [3.05, 3.63) is 127 Å². The number of fused-ring (bicyclic) bond motifs is 3. The van der Waals surface area contributed by atoms with Gasteiger partial charge in [0.05, 0.1) is 23.2 Å². The standard InChI is InChI=1S/C32H24N2O3S/c1-37-27-18-13-24(14-19-27)25-15-21-31-30(22-25)29-20-17-26(16-12-23-8-4-2-5-9-23)33-32(29)34(31)38(35,36)28-10-6-3-7-11-28/h2-22H,1H3. The predicted molar refractivity (Wildman–Crippen MR) is 154 cm³/mol. The van der Waals surface area contributed by atoms with E-state index in [1.165, 1.54) is 3.97 Å². The summed E-state index contributed by atoms with van der Waals surface area (Å²) in [6.45, 7) is 0. The molecule has 0 bridgehead atoms. The second kappa shape index (κ2) is 9.65. The molecule has 0 unspecified atom stereocenters. The van der Waals surface area contributed by atoms with Gasteiger partial charge in [0, 0.05) is 10.8 Å². The van der Waals surface area contributed by atoms with Crippen LogP contribution < -0.4 is 4.74 Å². The summed E-state index contributed by atoms with van der Waals surface area (Å²) in [7, 11) is -2.27. The second-order valence-corrected chi connectivity index (χ2v) is 10.7. The van der Waals surface area contributed by atoms with Gasteiger partial charge in [-0.3, -0.25) is 0 Å². The first-order valence-corrected chi connectivity index (χ1v) is 13.6. The van der Waals surface area contributed by atoms with Crippen molar-refractivity contribution in [2.24, 2.45) is 0 Å². The molecule has 0 aliphatic carbocycles. The van der Waals surface area contributed by atoms with Crippen LogP contribution in [-0.2, 0) is 10.0 Å². The number of hydrogen-bond acceptors (Lipinski definition) is 4. The molecule has 0 spiro atoms. The lowest BCUT2D eigenvalue weighted by Gasteiger charge is -2.09. The van der Waals surface area contributed by atoms with E-state index >= 15 is 0 Å². The molecule has 4 aromatic carbocycles. The zero-order chi connectivity index (χ0) is 26.1. The van der Waals surface area contributed by atoms with Crippen LogP contribution in [0.1, 0.15) is 11.3 Å². The lowest BCUT2D eigenvalue weighted by atomic mass is 10.0. The molecule has 2 heterocycles. The molecule has 0 aliphatic heterocycles. The van der Waals surface area contributed by atoms with Crippen LogP contribution in [-0.4, -0.2) is 24.5 Å². The Hall–Kier alpha value is -4.68. The van der Waals surface area contributed by atoms with Crippen molar-refractivity contribution in [1.29, 1.82) is 0 Å². The van der Waals surface area contributed by atoms with Gasteiger partial charge in [-0.15, -0.1) is 0 Å². The number of nitrogens with zero attached hydrogens (tertiary/aromatic N) is 2. The van der Waals surface area contributed by atoms with Crippen LogP contribution in [0.2, 0.25) is 0 Å². The van der Waals surface area contributed by atoms with E-state index in [2.05, 4.69) is 0 Å². The number of aromatic nitrogens is 2. The van der Waals surface area contributed by atoms with Crippen LogP contribution in [0.15, 0.2) is 120 Å². The Bertz CT molecular complexity index is 1890. The smallest absolute Gasteiger partial charge is 0.269 e. The number of methoxy groups -OCH3 is 1. The highest BCUT2D eigenvalue weighted by Gasteiger charge is 2.24. The molecule has 38 heavy (non-hydrogen) atoms. The van der Waals surface area contributed by atoms with Gasteiger partial charge in [-0.2, -0.15) is 0 Å². The Morgan fingerprint density at radius 1 is 0.711 bits per heavy atom. The summed E-state index contributed by atoms with van der Waals surface area (Å²) in [6.07, 6.45) is 3.86. The van der Waals surface area contributed by atoms with Crippen molar-refractivity contribution in [3.63, 3.8) is 0 Å². The molecular weight excluding hydrogens is 492 g/mol. The van der Waals surface area contributed by atoms with E-state index in [1.54, 1.807) is 37.4 Å². The maximum Gasteiger partial charge on any atom is 0.269 e. The van der Waals surface area contributed by atoms with Crippen molar-refractivity contribution in [2.75, 3.05) is 7.11 Å².